The van der Waals surface area contributed by atoms with Gasteiger partial charge < -0.3 is 9.64 Å². The van der Waals surface area contributed by atoms with Gasteiger partial charge in [-0.25, -0.2) is 4.39 Å². The first-order valence-corrected chi connectivity index (χ1v) is 9.46. The predicted molar refractivity (Wildman–Crippen MR) is 108 cm³/mol. The molecule has 4 rings (SSSR count). The molecule has 0 fully saturated rings. The van der Waals surface area contributed by atoms with Crippen LogP contribution in [0.3, 0.4) is 0 Å². The summed E-state index contributed by atoms with van der Waals surface area (Å²) in [5.41, 5.74) is 4.65. The van der Waals surface area contributed by atoms with Crippen LogP contribution in [0.2, 0.25) is 0 Å². The summed E-state index contributed by atoms with van der Waals surface area (Å²) in [4.78, 5) is 14.7. The van der Waals surface area contributed by atoms with Crippen molar-refractivity contribution >= 4 is 5.91 Å². The monoisotopic (exact) mass is 375 g/mol. The van der Waals surface area contributed by atoms with Crippen molar-refractivity contribution in [3.63, 3.8) is 0 Å². The summed E-state index contributed by atoms with van der Waals surface area (Å²) < 4.78 is 19.0. The molecule has 1 aliphatic heterocycles. The molecule has 0 unspecified atom stereocenters. The first kappa shape index (κ1) is 18.2. The van der Waals surface area contributed by atoms with Gasteiger partial charge in [0, 0.05) is 18.7 Å². The molecule has 0 atom stereocenters. The molecule has 3 aromatic rings. The quantitative estimate of drug-likeness (QED) is 0.644. The fourth-order valence-corrected chi connectivity index (χ4v) is 3.67. The average molecular weight is 375 g/mol. The van der Waals surface area contributed by atoms with Gasteiger partial charge >= 0.3 is 0 Å². The number of carbonyl (C=O) groups excluding carboxylic acids is 1. The normalized spacial score (nSPS) is 13.4. The second-order valence-corrected chi connectivity index (χ2v) is 6.98. The van der Waals surface area contributed by atoms with Crippen molar-refractivity contribution in [2.45, 2.75) is 12.8 Å². The molecule has 0 aromatic heterocycles. The number of rotatable bonds is 5. The Hall–Kier alpha value is -3.14. The van der Waals surface area contributed by atoms with Crippen molar-refractivity contribution < 1.29 is 13.9 Å². The third kappa shape index (κ3) is 3.63. The Labute approximate surface area is 164 Å². The fraction of sp³-hybridized carbons (Fsp3) is 0.208. The van der Waals surface area contributed by atoms with E-state index in [-0.39, 0.29) is 11.7 Å². The molecule has 3 aromatic carbocycles. The van der Waals surface area contributed by atoms with Gasteiger partial charge in [0.05, 0.1) is 7.11 Å². The van der Waals surface area contributed by atoms with Gasteiger partial charge in [0.15, 0.2) is 0 Å². The lowest BCUT2D eigenvalue weighted by Crippen LogP contribution is -2.38. The number of nitrogens with zero attached hydrogens (tertiary/aromatic N) is 1. The van der Waals surface area contributed by atoms with Gasteiger partial charge in [0.2, 0.25) is 0 Å². The Morgan fingerprint density at radius 1 is 1.00 bits per heavy atom. The summed E-state index contributed by atoms with van der Waals surface area (Å²) in [6.07, 6.45) is 1.33. The maximum atomic E-state index is 13.8. The molecule has 1 amide bonds. The zero-order valence-corrected chi connectivity index (χ0v) is 15.8. The summed E-state index contributed by atoms with van der Waals surface area (Å²) in [7, 11) is 1.65. The van der Waals surface area contributed by atoms with Crippen LogP contribution in [-0.2, 0) is 12.8 Å². The molecule has 0 aliphatic carbocycles. The lowest BCUT2D eigenvalue weighted by Gasteiger charge is -2.29. The first-order valence-electron chi connectivity index (χ1n) is 9.46. The molecule has 0 N–H and O–H groups in total. The van der Waals surface area contributed by atoms with E-state index in [1.807, 2.05) is 47.4 Å². The summed E-state index contributed by atoms with van der Waals surface area (Å²) >= 11 is 0. The van der Waals surface area contributed by atoms with Crippen LogP contribution in [-0.4, -0.2) is 31.0 Å². The van der Waals surface area contributed by atoms with E-state index in [1.165, 1.54) is 6.07 Å². The van der Waals surface area contributed by atoms with Crippen molar-refractivity contribution in [3.8, 4) is 16.9 Å². The Morgan fingerprint density at radius 3 is 2.50 bits per heavy atom. The largest absolute Gasteiger partial charge is 0.497 e. The zero-order chi connectivity index (χ0) is 19.5. The highest BCUT2D eigenvalue weighted by molar-refractivity contribution is 5.97. The van der Waals surface area contributed by atoms with Gasteiger partial charge in [-0.3, -0.25) is 4.79 Å². The van der Waals surface area contributed by atoms with E-state index >= 15 is 0 Å². The van der Waals surface area contributed by atoms with Crippen molar-refractivity contribution in [1.29, 1.82) is 0 Å². The minimum absolute atomic E-state index is 0.0267. The highest BCUT2D eigenvalue weighted by atomic mass is 19.1. The standard InChI is InChI=1S/C24H22FNO2/c1-28-21-9-6-17(7-10-21)19-8-11-22-20(16-19)13-15-26(24(22)27)14-12-18-4-2-3-5-23(18)25/h2-11,16H,12-15H2,1H3. The van der Waals surface area contributed by atoms with E-state index in [9.17, 15) is 9.18 Å². The fourth-order valence-electron chi connectivity index (χ4n) is 3.67. The number of amides is 1. The van der Waals surface area contributed by atoms with E-state index in [1.54, 1.807) is 19.2 Å². The lowest BCUT2D eigenvalue weighted by molar-refractivity contribution is 0.0741. The topological polar surface area (TPSA) is 29.5 Å². The van der Waals surface area contributed by atoms with Crippen molar-refractivity contribution in [3.05, 3.63) is 89.2 Å². The lowest BCUT2D eigenvalue weighted by atomic mass is 9.94. The highest BCUT2D eigenvalue weighted by Crippen LogP contribution is 2.28. The van der Waals surface area contributed by atoms with E-state index in [4.69, 9.17) is 4.74 Å². The highest BCUT2D eigenvalue weighted by Gasteiger charge is 2.24. The third-order valence-electron chi connectivity index (χ3n) is 5.31. The molecule has 0 saturated heterocycles. The van der Waals surface area contributed by atoms with Gasteiger partial charge in [-0.2, -0.15) is 0 Å². The van der Waals surface area contributed by atoms with E-state index in [2.05, 4.69) is 6.07 Å². The third-order valence-corrected chi connectivity index (χ3v) is 5.31. The van der Waals surface area contributed by atoms with Gasteiger partial charge in [-0.1, -0.05) is 42.5 Å². The number of halogens is 1. The van der Waals surface area contributed by atoms with Crippen LogP contribution in [0.5, 0.6) is 5.75 Å². The van der Waals surface area contributed by atoms with Crippen molar-refractivity contribution in [2.75, 3.05) is 20.2 Å². The SMILES string of the molecule is COc1ccc(-c2ccc3c(c2)CCN(CCc2ccccc2F)C3=O)cc1. The minimum atomic E-state index is -0.212. The molecule has 0 bridgehead atoms. The molecule has 0 saturated carbocycles. The average Bonchev–Trinajstić information content (AvgIpc) is 2.74. The van der Waals surface area contributed by atoms with Crippen LogP contribution >= 0.6 is 0 Å². The maximum absolute atomic E-state index is 13.8. The predicted octanol–water partition coefficient (Wildman–Crippen LogP) is 4.74. The molecule has 3 nitrogen and oxygen atoms in total. The minimum Gasteiger partial charge on any atom is -0.497 e. The number of benzene rings is 3. The molecule has 1 heterocycles. The Morgan fingerprint density at radius 2 is 1.75 bits per heavy atom. The second kappa shape index (κ2) is 7.85. The van der Waals surface area contributed by atoms with Crippen LogP contribution in [0.15, 0.2) is 66.7 Å². The Kier molecular flexibility index (Phi) is 5.11. The van der Waals surface area contributed by atoms with Gasteiger partial charge in [-0.15, -0.1) is 0 Å². The van der Waals surface area contributed by atoms with Crippen molar-refractivity contribution in [1.82, 2.24) is 4.90 Å². The smallest absolute Gasteiger partial charge is 0.254 e. The Balaban J connectivity index is 1.50. The summed E-state index contributed by atoms with van der Waals surface area (Å²) in [5.74, 6) is 0.637. The summed E-state index contributed by atoms with van der Waals surface area (Å²) in [6, 6.07) is 20.7. The maximum Gasteiger partial charge on any atom is 0.254 e. The first-order chi connectivity index (χ1) is 13.7. The van der Waals surface area contributed by atoms with Crippen molar-refractivity contribution in [2.24, 2.45) is 0 Å². The molecular formula is C24H22FNO2. The van der Waals surface area contributed by atoms with Crippen LogP contribution in [0.25, 0.3) is 11.1 Å². The number of carbonyl (C=O) groups is 1. The van der Waals surface area contributed by atoms with Gasteiger partial charge in [0.25, 0.3) is 5.91 Å². The summed E-state index contributed by atoms with van der Waals surface area (Å²) in [6.45, 7) is 1.19. The number of ether oxygens (including phenoxy) is 1. The van der Waals surface area contributed by atoms with Crippen LogP contribution < -0.4 is 4.74 Å². The van der Waals surface area contributed by atoms with Gasteiger partial charge in [0.1, 0.15) is 11.6 Å². The van der Waals surface area contributed by atoms with E-state index in [0.717, 1.165) is 34.4 Å². The van der Waals surface area contributed by atoms with Crippen LogP contribution in [0, 0.1) is 5.82 Å². The molecule has 4 heteroatoms. The van der Waals surface area contributed by atoms with Crippen LogP contribution in [0.1, 0.15) is 21.5 Å². The van der Waals surface area contributed by atoms with Gasteiger partial charge in [-0.05, 0) is 59.4 Å². The molecule has 142 valence electrons. The van der Waals surface area contributed by atoms with E-state index in [0.29, 0.717) is 25.1 Å². The number of fused-ring (bicyclic) bond motifs is 1. The molecule has 28 heavy (non-hydrogen) atoms. The summed E-state index contributed by atoms with van der Waals surface area (Å²) in [5, 5.41) is 0. The molecule has 1 aliphatic rings. The number of hydrogen-bond donors (Lipinski definition) is 0. The van der Waals surface area contributed by atoms with E-state index < -0.39 is 0 Å². The molecular weight excluding hydrogens is 353 g/mol. The Bertz CT molecular complexity index is 998. The molecule has 0 spiro atoms. The van der Waals surface area contributed by atoms with Crippen LogP contribution in [0.4, 0.5) is 4.39 Å². The second-order valence-electron chi connectivity index (χ2n) is 6.98. The number of hydrogen-bond acceptors (Lipinski definition) is 2. The molecule has 0 radical (unpaired) electrons. The zero-order valence-electron chi connectivity index (χ0n) is 15.8. The number of methoxy groups -OCH3 is 1.